The van der Waals surface area contributed by atoms with Gasteiger partial charge >= 0.3 is 0 Å². The number of anilines is 1. The maximum absolute atomic E-state index is 4.16. The monoisotopic (exact) mass is 205 g/mol. The van der Waals surface area contributed by atoms with Gasteiger partial charge in [-0.25, -0.2) is 4.98 Å². The van der Waals surface area contributed by atoms with Crippen LogP contribution >= 0.6 is 0 Å². The van der Waals surface area contributed by atoms with Crippen LogP contribution in [-0.4, -0.2) is 26.3 Å². The zero-order valence-electron chi connectivity index (χ0n) is 8.99. The molecule has 0 fully saturated rings. The summed E-state index contributed by atoms with van der Waals surface area (Å²) in [5, 5.41) is 7.33. The first-order valence-electron chi connectivity index (χ1n) is 4.97. The zero-order valence-corrected chi connectivity index (χ0v) is 8.99. The third-order valence-corrected chi connectivity index (χ3v) is 2.17. The van der Waals surface area contributed by atoms with Gasteiger partial charge in [0.25, 0.3) is 0 Å². The fraction of sp³-hybridized carbons (Fsp3) is 0.400. The summed E-state index contributed by atoms with van der Waals surface area (Å²) in [5.74, 6) is 0.830. The topological polar surface area (TPSA) is 58.5 Å². The van der Waals surface area contributed by atoms with Gasteiger partial charge in [0.2, 0.25) is 0 Å². The van der Waals surface area contributed by atoms with Gasteiger partial charge in [-0.05, 0) is 18.9 Å². The van der Waals surface area contributed by atoms with Crippen LogP contribution in [0.4, 0.5) is 5.95 Å². The Labute approximate surface area is 88.5 Å². The molecule has 5 heteroatoms. The molecule has 0 aromatic carbocycles. The highest BCUT2D eigenvalue weighted by molar-refractivity contribution is 5.26. The van der Waals surface area contributed by atoms with Crippen molar-refractivity contribution in [1.82, 2.24) is 19.7 Å². The molecule has 0 aliphatic rings. The highest BCUT2D eigenvalue weighted by Crippen LogP contribution is 2.02. The Morgan fingerprint density at radius 2 is 2.33 bits per heavy atom. The smallest absolute Gasteiger partial charge is 0.200 e. The molecular weight excluding hydrogens is 190 g/mol. The number of imidazole rings is 1. The SMILES string of the molecule is Cc1cnc(NCCc2cnn(C)c2)[nH]1. The van der Waals surface area contributed by atoms with Crippen LogP contribution in [0.15, 0.2) is 18.6 Å². The summed E-state index contributed by atoms with van der Waals surface area (Å²) < 4.78 is 1.81. The fourth-order valence-corrected chi connectivity index (χ4v) is 1.43. The summed E-state index contributed by atoms with van der Waals surface area (Å²) in [4.78, 5) is 7.29. The normalized spacial score (nSPS) is 10.5. The second-order valence-electron chi connectivity index (χ2n) is 3.61. The second-order valence-corrected chi connectivity index (χ2v) is 3.61. The van der Waals surface area contributed by atoms with Gasteiger partial charge in [0.15, 0.2) is 5.95 Å². The molecule has 0 aliphatic heterocycles. The first-order chi connectivity index (χ1) is 7.24. The highest BCUT2D eigenvalue weighted by atomic mass is 15.2. The van der Waals surface area contributed by atoms with E-state index in [-0.39, 0.29) is 0 Å². The van der Waals surface area contributed by atoms with Crippen molar-refractivity contribution < 1.29 is 0 Å². The van der Waals surface area contributed by atoms with Crippen LogP contribution in [0.1, 0.15) is 11.3 Å². The number of hydrogen-bond donors (Lipinski definition) is 2. The summed E-state index contributed by atoms with van der Waals surface area (Å²) >= 11 is 0. The third kappa shape index (κ3) is 2.59. The Balaban J connectivity index is 1.80. The average molecular weight is 205 g/mol. The number of H-pyrrole nitrogens is 1. The van der Waals surface area contributed by atoms with E-state index < -0.39 is 0 Å². The summed E-state index contributed by atoms with van der Waals surface area (Å²) in [7, 11) is 1.92. The van der Waals surface area contributed by atoms with Gasteiger partial charge in [-0.15, -0.1) is 0 Å². The minimum atomic E-state index is 0.830. The minimum Gasteiger partial charge on any atom is -0.355 e. The van der Waals surface area contributed by atoms with Crippen molar-refractivity contribution in [1.29, 1.82) is 0 Å². The molecule has 0 amide bonds. The molecule has 0 saturated heterocycles. The molecule has 0 bridgehead atoms. The first kappa shape index (κ1) is 9.76. The molecule has 2 N–H and O–H groups in total. The number of hydrogen-bond acceptors (Lipinski definition) is 3. The van der Waals surface area contributed by atoms with E-state index in [2.05, 4.69) is 20.4 Å². The van der Waals surface area contributed by atoms with Crippen molar-refractivity contribution in [2.45, 2.75) is 13.3 Å². The largest absolute Gasteiger partial charge is 0.355 e. The zero-order chi connectivity index (χ0) is 10.7. The van der Waals surface area contributed by atoms with E-state index >= 15 is 0 Å². The number of nitrogens with one attached hydrogen (secondary N) is 2. The molecule has 5 nitrogen and oxygen atoms in total. The number of aromatic nitrogens is 4. The van der Waals surface area contributed by atoms with E-state index in [0.717, 1.165) is 24.6 Å². The van der Waals surface area contributed by atoms with Crippen LogP contribution in [0.2, 0.25) is 0 Å². The molecule has 80 valence electrons. The number of nitrogens with zero attached hydrogens (tertiary/aromatic N) is 3. The van der Waals surface area contributed by atoms with E-state index in [4.69, 9.17) is 0 Å². The van der Waals surface area contributed by atoms with Crippen LogP contribution in [0.5, 0.6) is 0 Å². The van der Waals surface area contributed by atoms with E-state index in [1.54, 1.807) is 0 Å². The van der Waals surface area contributed by atoms with Gasteiger partial charge < -0.3 is 10.3 Å². The molecule has 2 heterocycles. The molecule has 0 saturated carbocycles. The predicted octanol–water partition coefficient (Wildman–Crippen LogP) is 1.11. The third-order valence-electron chi connectivity index (χ3n) is 2.17. The minimum absolute atomic E-state index is 0.830. The Hall–Kier alpha value is -1.78. The molecule has 2 aromatic rings. The van der Waals surface area contributed by atoms with Crippen molar-refractivity contribution >= 4 is 5.95 Å². The second kappa shape index (κ2) is 4.16. The van der Waals surface area contributed by atoms with Crippen molar-refractivity contribution in [3.63, 3.8) is 0 Å². The highest BCUT2D eigenvalue weighted by Gasteiger charge is 1.98. The van der Waals surface area contributed by atoms with Crippen LogP contribution in [-0.2, 0) is 13.5 Å². The summed E-state index contributed by atoms with van der Waals surface area (Å²) in [6.45, 7) is 2.85. The summed E-state index contributed by atoms with van der Waals surface area (Å²) in [5.41, 5.74) is 2.30. The molecule has 0 unspecified atom stereocenters. The van der Waals surface area contributed by atoms with Crippen LogP contribution < -0.4 is 5.32 Å². The van der Waals surface area contributed by atoms with E-state index in [1.165, 1.54) is 5.56 Å². The molecular formula is C10H15N5. The van der Waals surface area contributed by atoms with Crippen molar-refractivity contribution in [3.05, 3.63) is 29.8 Å². The fourth-order valence-electron chi connectivity index (χ4n) is 1.43. The Morgan fingerprint density at radius 3 is 2.93 bits per heavy atom. The van der Waals surface area contributed by atoms with Crippen molar-refractivity contribution in [2.75, 3.05) is 11.9 Å². The number of aryl methyl sites for hydroxylation is 2. The summed E-state index contributed by atoms with van der Waals surface area (Å²) in [6.07, 6.45) is 6.67. The Morgan fingerprint density at radius 1 is 1.47 bits per heavy atom. The maximum Gasteiger partial charge on any atom is 0.200 e. The molecule has 0 spiro atoms. The maximum atomic E-state index is 4.16. The van der Waals surface area contributed by atoms with Crippen LogP contribution in [0.3, 0.4) is 0 Å². The van der Waals surface area contributed by atoms with Crippen LogP contribution in [0, 0.1) is 6.92 Å². The van der Waals surface area contributed by atoms with Gasteiger partial charge in [-0.1, -0.05) is 0 Å². The lowest BCUT2D eigenvalue weighted by molar-refractivity contribution is 0.766. The quantitative estimate of drug-likeness (QED) is 0.786. The lowest BCUT2D eigenvalue weighted by atomic mass is 10.2. The Bertz CT molecular complexity index is 388. The number of aromatic amines is 1. The molecule has 0 atom stereocenters. The average Bonchev–Trinajstić information content (AvgIpc) is 2.76. The van der Waals surface area contributed by atoms with E-state index in [9.17, 15) is 0 Å². The van der Waals surface area contributed by atoms with Crippen LogP contribution in [0.25, 0.3) is 0 Å². The van der Waals surface area contributed by atoms with Crippen molar-refractivity contribution in [2.24, 2.45) is 7.05 Å². The van der Waals surface area contributed by atoms with Crippen molar-refractivity contribution in [3.8, 4) is 0 Å². The molecule has 2 aromatic heterocycles. The van der Waals surface area contributed by atoms with Gasteiger partial charge in [0.1, 0.15) is 0 Å². The lowest BCUT2D eigenvalue weighted by Crippen LogP contribution is -2.05. The Kier molecular flexibility index (Phi) is 2.71. The molecule has 15 heavy (non-hydrogen) atoms. The van der Waals surface area contributed by atoms with E-state index in [1.807, 2.05) is 37.2 Å². The first-order valence-corrected chi connectivity index (χ1v) is 4.97. The van der Waals surface area contributed by atoms with Gasteiger partial charge in [0, 0.05) is 31.7 Å². The standard InChI is InChI=1S/C10H15N5/c1-8-5-12-10(14-8)11-4-3-9-6-13-15(2)7-9/h5-7H,3-4H2,1-2H3,(H2,11,12,14). The summed E-state index contributed by atoms with van der Waals surface area (Å²) in [6, 6.07) is 0. The van der Waals surface area contributed by atoms with E-state index in [0.29, 0.717) is 0 Å². The number of rotatable bonds is 4. The lowest BCUT2D eigenvalue weighted by Gasteiger charge is -2.00. The molecule has 0 radical (unpaired) electrons. The van der Waals surface area contributed by atoms with Gasteiger partial charge in [0.05, 0.1) is 6.20 Å². The molecule has 2 rings (SSSR count). The van der Waals surface area contributed by atoms with Gasteiger partial charge in [-0.3, -0.25) is 4.68 Å². The molecule has 0 aliphatic carbocycles. The van der Waals surface area contributed by atoms with Gasteiger partial charge in [-0.2, -0.15) is 5.10 Å². The predicted molar refractivity (Wildman–Crippen MR) is 58.7 cm³/mol.